The van der Waals surface area contributed by atoms with Crippen molar-refractivity contribution in [2.75, 3.05) is 5.73 Å². The summed E-state index contributed by atoms with van der Waals surface area (Å²) in [6.45, 7) is 2.15. The topological polar surface area (TPSA) is 35.2 Å². The van der Waals surface area contributed by atoms with Gasteiger partial charge in [0.25, 0.3) is 0 Å². The van der Waals surface area contributed by atoms with Crippen molar-refractivity contribution in [1.82, 2.24) is 0 Å². The number of ether oxygens (including phenoxy) is 1. The number of hydrogen-bond acceptors (Lipinski definition) is 2. The molecule has 1 aliphatic rings. The van der Waals surface area contributed by atoms with Crippen molar-refractivity contribution in [3.8, 4) is 5.75 Å². The highest BCUT2D eigenvalue weighted by atomic mass is 19.1. The van der Waals surface area contributed by atoms with Crippen LogP contribution in [0.2, 0.25) is 0 Å². The summed E-state index contributed by atoms with van der Waals surface area (Å²) in [7, 11) is 0. The molecular weight excluding hydrogens is 236 g/mol. The molecule has 1 fully saturated rings. The van der Waals surface area contributed by atoms with Crippen LogP contribution in [0.25, 0.3) is 0 Å². The van der Waals surface area contributed by atoms with E-state index in [4.69, 9.17) is 10.5 Å². The summed E-state index contributed by atoms with van der Waals surface area (Å²) < 4.78 is 32.5. The van der Waals surface area contributed by atoms with E-state index in [1.165, 1.54) is 6.42 Å². The van der Waals surface area contributed by atoms with Crippen LogP contribution in [-0.4, -0.2) is 6.10 Å². The Morgan fingerprint density at radius 2 is 2.06 bits per heavy atom. The molecule has 4 heteroatoms. The molecule has 2 unspecified atom stereocenters. The molecular formula is C14H19F2NO. The summed E-state index contributed by atoms with van der Waals surface area (Å²) in [5.74, 6) is -0.615. The normalized spacial score (nSPS) is 23.9. The molecule has 2 nitrogen and oxygen atoms in total. The van der Waals surface area contributed by atoms with Crippen molar-refractivity contribution in [1.29, 1.82) is 0 Å². The summed E-state index contributed by atoms with van der Waals surface area (Å²) in [5.41, 5.74) is 5.11. The predicted molar refractivity (Wildman–Crippen MR) is 67.4 cm³/mol. The number of halogens is 2. The zero-order chi connectivity index (χ0) is 13.1. The van der Waals surface area contributed by atoms with Gasteiger partial charge in [0.2, 0.25) is 0 Å². The summed E-state index contributed by atoms with van der Waals surface area (Å²) in [5, 5.41) is 0. The first-order chi connectivity index (χ1) is 8.60. The van der Waals surface area contributed by atoms with Gasteiger partial charge >= 0.3 is 0 Å². The first-order valence-corrected chi connectivity index (χ1v) is 6.51. The summed E-state index contributed by atoms with van der Waals surface area (Å²) in [4.78, 5) is 0. The Morgan fingerprint density at radius 1 is 1.28 bits per heavy atom. The van der Waals surface area contributed by atoms with Crippen molar-refractivity contribution in [2.45, 2.75) is 45.1 Å². The number of nitrogen functional groups attached to an aromatic ring is 1. The molecule has 0 bridgehead atoms. The Balaban J connectivity index is 2.07. The second kappa shape index (κ2) is 5.55. The Morgan fingerprint density at radius 3 is 2.78 bits per heavy atom. The molecule has 0 aromatic heterocycles. The highest BCUT2D eigenvalue weighted by Gasteiger charge is 2.23. The molecule has 100 valence electrons. The average Bonchev–Trinajstić information content (AvgIpc) is 2.36. The molecule has 18 heavy (non-hydrogen) atoms. The molecule has 1 saturated carbocycles. The van der Waals surface area contributed by atoms with E-state index in [9.17, 15) is 8.78 Å². The minimum Gasteiger partial charge on any atom is -0.487 e. The highest BCUT2D eigenvalue weighted by Crippen LogP contribution is 2.31. The maximum absolute atomic E-state index is 13.6. The third-order valence-electron chi connectivity index (χ3n) is 3.66. The monoisotopic (exact) mass is 255 g/mol. The second-order valence-corrected chi connectivity index (χ2v) is 4.98. The summed E-state index contributed by atoms with van der Waals surface area (Å²) in [6.07, 6.45) is 5.21. The first kappa shape index (κ1) is 13.1. The molecule has 2 N–H and O–H groups in total. The predicted octanol–water partition coefficient (Wildman–Crippen LogP) is 3.89. The zero-order valence-electron chi connectivity index (χ0n) is 10.6. The molecule has 0 heterocycles. The first-order valence-electron chi connectivity index (χ1n) is 6.51. The third kappa shape index (κ3) is 2.92. The fraction of sp³-hybridized carbons (Fsp3) is 0.571. The van der Waals surface area contributed by atoms with Crippen molar-refractivity contribution < 1.29 is 13.5 Å². The molecule has 2 rings (SSSR count). The Bertz CT molecular complexity index is 423. The molecule has 0 spiro atoms. The lowest BCUT2D eigenvalue weighted by atomic mass is 9.85. The SMILES string of the molecule is CCC1CCCC(Oc2cc(F)c(N)cc2F)C1. The van der Waals surface area contributed by atoms with Gasteiger partial charge < -0.3 is 10.5 Å². The minimum absolute atomic E-state index is 0.0128. The third-order valence-corrected chi connectivity index (χ3v) is 3.66. The van der Waals surface area contributed by atoms with E-state index >= 15 is 0 Å². The van der Waals surface area contributed by atoms with Gasteiger partial charge in [-0.05, 0) is 25.2 Å². The standard InChI is InChI=1S/C14H19F2NO/c1-2-9-4-3-5-10(6-9)18-14-8-11(15)13(17)7-12(14)16/h7-10H,2-6,17H2,1H3. The average molecular weight is 255 g/mol. The second-order valence-electron chi connectivity index (χ2n) is 4.98. The van der Waals surface area contributed by atoms with E-state index in [0.717, 1.165) is 37.8 Å². The Labute approximate surface area is 106 Å². The highest BCUT2D eigenvalue weighted by molar-refractivity contribution is 5.44. The van der Waals surface area contributed by atoms with Gasteiger partial charge in [0.15, 0.2) is 11.6 Å². The van der Waals surface area contributed by atoms with Crippen LogP contribution in [-0.2, 0) is 0 Å². The van der Waals surface area contributed by atoms with Gasteiger partial charge in [-0.1, -0.05) is 19.8 Å². The van der Waals surface area contributed by atoms with Crippen LogP contribution in [0.3, 0.4) is 0 Å². The molecule has 0 aliphatic heterocycles. The molecule has 1 aromatic rings. The molecule has 1 aliphatic carbocycles. The number of nitrogens with two attached hydrogens (primary N) is 1. The van der Waals surface area contributed by atoms with Gasteiger partial charge in [-0.2, -0.15) is 0 Å². The van der Waals surface area contributed by atoms with Gasteiger partial charge in [-0.25, -0.2) is 8.78 Å². The van der Waals surface area contributed by atoms with Crippen molar-refractivity contribution in [2.24, 2.45) is 5.92 Å². The Hall–Kier alpha value is -1.32. The van der Waals surface area contributed by atoms with E-state index in [0.29, 0.717) is 5.92 Å². The van der Waals surface area contributed by atoms with Gasteiger partial charge in [-0.15, -0.1) is 0 Å². The minimum atomic E-state index is -0.630. The molecule has 1 aromatic carbocycles. The van der Waals surface area contributed by atoms with E-state index in [2.05, 4.69) is 6.92 Å². The number of hydrogen-bond donors (Lipinski definition) is 1. The van der Waals surface area contributed by atoms with Crippen molar-refractivity contribution >= 4 is 5.69 Å². The zero-order valence-corrected chi connectivity index (χ0v) is 10.6. The van der Waals surface area contributed by atoms with Crippen LogP contribution in [0, 0.1) is 17.6 Å². The number of anilines is 1. The quantitative estimate of drug-likeness (QED) is 0.831. The molecule has 2 atom stereocenters. The van der Waals surface area contributed by atoms with E-state index < -0.39 is 11.6 Å². The lowest BCUT2D eigenvalue weighted by molar-refractivity contribution is 0.117. The van der Waals surface area contributed by atoms with E-state index in [1.54, 1.807) is 0 Å². The summed E-state index contributed by atoms with van der Waals surface area (Å²) >= 11 is 0. The fourth-order valence-electron chi connectivity index (χ4n) is 2.53. The van der Waals surface area contributed by atoms with Crippen LogP contribution >= 0.6 is 0 Å². The fourth-order valence-corrected chi connectivity index (χ4v) is 2.53. The molecule has 0 saturated heterocycles. The Kier molecular flexibility index (Phi) is 4.04. The van der Waals surface area contributed by atoms with Gasteiger partial charge in [-0.3, -0.25) is 0 Å². The molecule has 0 amide bonds. The van der Waals surface area contributed by atoms with E-state index in [-0.39, 0.29) is 17.5 Å². The lowest BCUT2D eigenvalue weighted by Crippen LogP contribution is -2.25. The lowest BCUT2D eigenvalue weighted by Gasteiger charge is -2.29. The number of rotatable bonds is 3. The van der Waals surface area contributed by atoms with Crippen molar-refractivity contribution in [3.05, 3.63) is 23.8 Å². The maximum atomic E-state index is 13.6. The smallest absolute Gasteiger partial charge is 0.167 e. The van der Waals surface area contributed by atoms with Crippen LogP contribution in [0.5, 0.6) is 5.75 Å². The summed E-state index contributed by atoms with van der Waals surface area (Å²) in [6, 6.07) is 2.02. The van der Waals surface area contributed by atoms with Crippen LogP contribution < -0.4 is 10.5 Å². The van der Waals surface area contributed by atoms with Gasteiger partial charge in [0.1, 0.15) is 5.82 Å². The maximum Gasteiger partial charge on any atom is 0.167 e. The van der Waals surface area contributed by atoms with E-state index in [1.807, 2.05) is 0 Å². The largest absolute Gasteiger partial charge is 0.487 e. The number of benzene rings is 1. The molecule has 0 radical (unpaired) electrons. The van der Waals surface area contributed by atoms with Crippen LogP contribution in [0.4, 0.5) is 14.5 Å². The van der Waals surface area contributed by atoms with Gasteiger partial charge in [0.05, 0.1) is 11.8 Å². The van der Waals surface area contributed by atoms with Gasteiger partial charge in [0, 0.05) is 12.1 Å². The van der Waals surface area contributed by atoms with Crippen LogP contribution in [0.15, 0.2) is 12.1 Å². The van der Waals surface area contributed by atoms with Crippen molar-refractivity contribution in [3.63, 3.8) is 0 Å². The van der Waals surface area contributed by atoms with Crippen LogP contribution in [0.1, 0.15) is 39.0 Å².